The average Bonchev–Trinajstić information content (AvgIpc) is 3.79. The predicted octanol–water partition coefficient (Wildman–Crippen LogP) is 10.6. The molecule has 11 rings (SSSR count). The number of rotatable bonds is 3. The van der Waals surface area contributed by atoms with Crippen LogP contribution in [0.4, 0.5) is 0 Å². The van der Waals surface area contributed by atoms with Crippen molar-refractivity contribution in [3.8, 4) is 28.7 Å². The van der Waals surface area contributed by atoms with Crippen LogP contribution >= 0.6 is 0 Å². The highest BCUT2D eigenvalue weighted by atomic mass is 15.2. The van der Waals surface area contributed by atoms with Gasteiger partial charge in [-0.25, -0.2) is 4.98 Å². The maximum Gasteiger partial charge on any atom is 0.238 e. The highest BCUT2D eigenvalue weighted by Crippen LogP contribution is 2.43. The minimum atomic E-state index is 0.597. The number of fused-ring (bicyclic) bond motifs is 11. The van der Waals surface area contributed by atoms with Gasteiger partial charge < -0.3 is 4.40 Å². The van der Waals surface area contributed by atoms with Gasteiger partial charge in [0.05, 0.1) is 27.6 Å². The fourth-order valence-electron chi connectivity index (χ4n) is 7.81. The van der Waals surface area contributed by atoms with Gasteiger partial charge in [-0.05, 0) is 29.7 Å². The number of benzene rings is 7. The van der Waals surface area contributed by atoms with E-state index in [0.717, 1.165) is 32.9 Å². The predicted molar refractivity (Wildman–Crippen MR) is 197 cm³/mol. The van der Waals surface area contributed by atoms with Crippen LogP contribution in [0, 0.1) is 0 Å². The molecule has 5 heteroatoms. The van der Waals surface area contributed by atoms with Crippen LogP contribution in [0.25, 0.3) is 99.4 Å². The van der Waals surface area contributed by atoms with Gasteiger partial charge in [0.15, 0.2) is 11.6 Å². The molecule has 0 fully saturated rings. The molecule has 48 heavy (non-hydrogen) atoms. The molecule has 0 N–H and O–H groups in total. The Balaban J connectivity index is 1.26. The molecule has 4 heterocycles. The topological polar surface area (TPSA) is 48.0 Å². The zero-order valence-electron chi connectivity index (χ0n) is 25.7. The second-order valence-electron chi connectivity index (χ2n) is 12.5. The van der Waals surface area contributed by atoms with Gasteiger partial charge in [-0.3, -0.25) is 4.57 Å². The molecule has 0 aliphatic heterocycles. The van der Waals surface area contributed by atoms with E-state index in [2.05, 4.69) is 100.0 Å². The van der Waals surface area contributed by atoms with Gasteiger partial charge >= 0.3 is 0 Å². The van der Waals surface area contributed by atoms with Crippen LogP contribution in [0.15, 0.2) is 152 Å². The summed E-state index contributed by atoms with van der Waals surface area (Å²) >= 11 is 0. The van der Waals surface area contributed by atoms with Crippen molar-refractivity contribution < 1.29 is 0 Å². The smallest absolute Gasteiger partial charge is 0.238 e. The van der Waals surface area contributed by atoms with Crippen LogP contribution in [-0.2, 0) is 0 Å². The molecule has 0 aliphatic carbocycles. The maximum atomic E-state index is 5.13. The minimum Gasteiger partial charge on any atom is -0.307 e. The Bertz CT molecular complexity index is 2990. The molecule has 0 amide bonds. The van der Waals surface area contributed by atoms with Gasteiger partial charge in [0.1, 0.15) is 0 Å². The highest BCUT2D eigenvalue weighted by molar-refractivity contribution is 6.28. The lowest BCUT2D eigenvalue weighted by Gasteiger charge is -2.11. The summed E-state index contributed by atoms with van der Waals surface area (Å²) < 4.78 is 4.68. The SMILES string of the molecule is c1ccc(-c2nc(-c3ccccc3)nc(-n3c4ccccc4c4cc5c(ccc6c7cccc8c9ccccc9n(c56)c87)cc43)n2)cc1. The second-order valence-corrected chi connectivity index (χ2v) is 12.5. The van der Waals surface area contributed by atoms with E-state index in [0.29, 0.717) is 17.6 Å². The Kier molecular flexibility index (Phi) is 5.05. The Morgan fingerprint density at radius 1 is 0.354 bits per heavy atom. The van der Waals surface area contributed by atoms with Crippen molar-refractivity contribution >= 4 is 70.7 Å². The largest absolute Gasteiger partial charge is 0.307 e. The van der Waals surface area contributed by atoms with Crippen LogP contribution in [0.1, 0.15) is 0 Å². The van der Waals surface area contributed by atoms with E-state index >= 15 is 0 Å². The third-order valence-electron chi connectivity index (χ3n) is 9.88. The molecule has 11 aromatic rings. The average molecular weight is 612 g/mol. The van der Waals surface area contributed by atoms with E-state index < -0.39 is 0 Å². The molecule has 0 aliphatic rings. The Morgan fingerprint density at radius 2 is 0.896 bits per heavy atom. The number of para-hydroxylation sites is 3. The van der Waals surface area contributed by atoms with E-state index in [9.17, 15) is 0 Å². The Labute approximate surface area is 274 Å². The van der Waals surface area contributed by atoms with Gasteiger partial charge in [-0.2, -0.15) is 9.97 Å². The number of nitrogens with zero attached hydrogens (tertiary/aromatic N) is 5. The summed E-state index contributed by atoms with van der Waals surface area (Å²) in [5.41, 5.74) is 7.79. The summed E-state index contributed by atoms with van der Waals surface area (Å²) in [7, 11) is 0. The number of hydrogen-bond donors (Lipinski definition) is 0. The quantitative estimate of drug-likeness (QED) is 0.200. The van der Waals surface area contributed by atoms with Gasteiger partial charge in [-0.1, -0.05) is 127 Å². The third kappa shape index (κ3) is 3.42. The van der Waals surface area contributed by atoms with Crippen LogP contribution in [-0.4, -0.2) is 23.9 Å². The Morgan fingerprint density at radius 3 is 1.60 bits per heavy atom. The van der Waals surface area contributed by atoms with E-state index in [1.54, 1.807) is 0 Å². The molecule has 222 valence electrons. The second kappa shape index (κ2) is 9.47. The molecule has 0 spiro atoms. The first-order valence-corrected chi connectivity index (χ1v) is 16.2. The van der Waals surface area contributed by atoms with Crippen molar-refractivity contribution in [2.24, 2.45) is 0 Å². The molecule has 5 nitrogen and oxygen atoms in total. The first-order valence-electron chi connectivity index (χ1n) is 16.2. The van der Waals surface area contributed by atoms with Crippen molar-refractivity contribution in [2.45, 2.75) is 0 Å². The molecule has 0 bridgehead atoms. The summed E-state index contributed by atoms with van der Waals surface area (Å²) in [6, 6.07) is 53.6. The van der Waals surface area contributed by atoms with Gasteiger partial charge in [0.25, 0.3) is 0 Å². The van der Waals surface area contributed by atoms with Gasteiger partial charge in [0, 0.05) is 48.8 Å². The summed E-state index contributed by atoms with van der Waals surface area (Å²) in [5, 5.41) is 9.86. The molecular weight excluding hydrogens is 587 g/mol. The fraction of sp³-hybridized carbons (Fsp3) is 0. The lowest BCUT2D eigenvalue weighted by molar-refractivity contribution is 0.954. The molecule has 0 radical (unpaired) electrons. The molecule has 0 atom stereocenters. The lowest BCUT2D eigenvalue weighted by atomic mass is 10.0. The normalized spacial score (nSPS) is 12.2. The summed E-state index contributed by atoms with van der Waals surface area (Å²) in [6.45, 7) is 0. The van der Waals surface area contributed by atoms with Crippen LogP contribution in [0.3, 0.4) is 0 Å². The van der Waals surface area contributed by atoms with Crippen LogP contribution in [0.2, 0.25) is 0 Å². The zero-order chi connectivity index (χ0) is 31.3. The fourth-order valence-corrected chi connectivity index (χ4v) is 7.81. The van der Waals surface area contributed by atoms with Crippen molar-refractivity contribution in [3.63, 3.8) is 0 Å². The van der Waals surface area contributed by atoms with E-state index in [4.69, 9.17) is 15.0 Å². The molecule has 7 aromatic carbocycles. The summed E-state index contributed by atoms with van der Waals surface area (Å²) in [6.07, 6.45) is 0. The van der Waals surface area contributed by atoms with Crippen molar-refractivity contribution in [1.82, 2.24) is 23.9 Å². The van der Waals surface area contributed by atoms with Gasteiger partial charge in [-0.15, -0.1) is 0 Å². The number of aromatic nitrogens is 5. The zero-order valence-corrected chi connectivity index (χ0v) is 25.7. The standard InChI is InChI=1S/C43H25N5/c1-3-12-26(13-4-1)41-44-42(27-14-5-2-6-15-27)46-43(45-41)47-36-20-9-8-17-30(36)35-25-34-28(24-38(35)47)22-23-33-32-19-11-18-31-29-16-7-10-21-37(29)48(39(31)32)40(33)34/h1-25H. The molecule has 0 saturated carbocycles. The van der Waals surface area contributed by atoms with Crippen LogP contribution in [0.5, 0.6) is 0 Å². The molecular formula is C43H25N5. The molecule has 4 aromatic heterocycles. The van der Waals surface area contributed by atoms with Gasteiger partial charge in [0.2, 0.25) is 5.95 Å². The monoisotopic (exact) mass is 611 g/mol. The summed E-state index contributed by atoms with van der Waals surface area (Å²) in [5.74, 6) is 1.88. The Hall–Kier alpha value is -6.59. The first-order chi connectivity index (χ1) is 23.8. The van der Waals surface area contributed by atoms with Crippen molar-refractivity contribution in [3.05, 3.63) is 152 Å². The highest BCUT2D eigenvalue weighted by Gasteiger charge is 2.22. The van der Waals surface area contributed by atoms with E-state index in [-0.39, 0.29) is 0 Å². The van der Waals surface area contributed by atoms with Crippen LogP contribution < -0.4 is 0 Å². The number of hydrogen-bond acceptors (Lipinski definition) is 3. The van der Waals surface area contributed by atoms with Crippen molar-refractivity contribution in [2.75, 3.05) is 0 Å². The molecule has 0 unspecified atom stereocenters. The lowest BCUT2D eigenvalue weighted by Crippen LogP contribution is -2.06. The minimum absolute atomic E-state index is 0.597. The first kappa shape index (κ1) is 25.6. The van der Waals surface area contributed by atoms with E-state index in [1.165, 1.54) is 48.9 Å². The van der Waals surface area contributed by atoms with E-state index in [1.807, 2.05) is 60.7 Å². The maximum absolute atomic E-state index is 5.13. The molecule has 0 saturated heterocycles. The van der Waals surface area contributed by atoms with Crippen molar-refractivity contribution in [1.29, 1.82) is 0 Å². The third-order valence-corrected chi connectivity index (χ3v) is 9.88. The summed E-state index contributed by atoms with van der Waals surface area (Å²) in [4.78, 5) is 15.2.